The van der Waals surface area contributed by atoms with Gasteiger partial charge in [-0.05, 0) is 54.1 Å². The Hall–Kier alpha value is -1.14. The van der Waals surface area contributed by atoms with E-state index in [9.17, 15) is 0 Å². The van der Waals surface area contributed by atoms with Gasteiger partial charge in [0.2, 0.25) is 0 Å². The Morgan fingerprint density at radius 1 is 1.35 bits per heavy atom. The first-order chi connectivity index (χ1) is 9.52. The van der Waals surface area contributed by atoms with Gasteiger partial charge >= 0.3 is 0 Å². The van der Waals surface area contributed by atoms with E-state index in [1.807, 2.05) is 26.1 Å². The summed E-state index contributed by atoms with van der Waals surface area (Å²) in [7, 11) is 1.69. The van der Waals surface area contributed by atoms with Crippen molar-refractivity contribution in [2.45, 2.75) is 26.3 Å². The third-order valence-electron chi connectivity index (χ3n) is 3.44. The van der Waals surface area contributed by atoms with E-state index in [0.29, 0.717) is 6.42 Å². The minimum Gasteiger partial charge on any atom is -0.496 e. The number of methoxy groups -OCH3 is 1. The molecule has 2 N–H and O–H groups in total. The third-order valence-corrected chi connectivity index (χ3v) is 4.11. The van der Waals surface area contributed by atoms with Crippen molar-refractivity contribution < 1.29 is 4.74 Å². The number of hydrogen-bond donors (Lipinski definition) is 1. The van der Waals surface area contributed by atoms with E-state index >= 15 is 0 Å². The Balaban J connectivity index is 2.26. The largest absolute Gasteiger partial charge is 0.496 e. The molecule has 2 rings (SSSR count). The number of ether oxygens (including phenoxy) is 1. The fourth-order valence-corrected chi connectivity index (χ4v) is 2.91. The monoisotopic (exact) mass is 382 g/mol. The molecule has 0 saturated heterocycles. The first kappa shape index (κ1) is 15.3. The Bertz CT molecular complexity index is 613. The third kappa shape index (κ3) is 3.30. The molecule has 1 heterocycles. The molecule has 2 aromatic rings. The van der Waals surface area contributed by atoms with Crippen LogP contribution in [-0.2, 0) is 6.42 Å². The fraction of sp³-hybridized carbons (Fsp3) is 0.312. The molecule has 0 aliphatic carbocycles. The number of pyridine rings is 1. The molecule has 106 valence electrons. The molecule has 1 unspecified atom stereocenters. The van der Waals surface area contributed by atoms with Crippen LogP contribution in [0.15, 0.2) is 30.5 Å². The number of hydrogen-bond acceptors (Lipinski definition) is 3. The van der Waals surface area contributed by atoms with Gasteiger partial charge in [0.15, 0.2) is 0 Å². The number of nitrogens with two attached hydrogens (primary N) is 1. The van der Waals surface area contributed by atoms with E-state index in [1.165, 1.54) is 3.57 Å². The van der Waals surface area contributed by atoms with Crippen LogP contribution in [0.25, 0.3) is 0 Å². The maximum atomic E-state index is 6.31. The zero-order chi connectivity index (χ0) is 14.7. The molecule has 0 fully saturated rings. The van der Waals surface area contributed by atoms with Gasteiger partial charge < -0.3 is 10.5 Å². The first-order valence-electron chi connectivity index (χ1n) is 6.53. The lowest BCUT2D eigenvalue weighted by Crippen LogP contribution is -2.15. The summed E-state index contributed by atoms with van der Waals surface area (Å²) in [5.41, 5.74) is 10.6. The number of nitrogens with zero attached hydrogens (tertiary/aromatic N) is 1. The molecular weight excluding hydrogens is 363 g/mol. The van der Waals surface area contributed by atoms with E-state index in [-0.39, 0.29) is 6.04 Å². The van der Waals surface area contributed by atoms with Crippen molar-refractivity contribution in [3.05, 3.63) is 56.4 Å². The number of aromatic nitrogens is 1. The second kappa shape index (κ2) is 6.54. The van der Waals surface area contributed by atoms with Crippen LogP contribution in [0.1, 0.15) is 28.4 Å². The molecule has 0 bridgehead atoms. The van der Waals surface area contributed by atoms with Crippen molar-refractivity contribution in [3.8, 4) is 5.75 Å². The standard InChI is InChI=1S/C16H19IN2O/c1-10-9-19-15(11(2)16(10)20-3)8-14(18)12-5-4-6-13(17)7-12/h4-7,9,14H,8,18H2,1-3H3. The fourth-order valence-electron chi connectivity index (χ4n) is 2.34. The van der Waals surface area contributed by atoms with Crippen LogP contribution in [0.5, 0.6) is 5.75 Å². The highest BCUT2D eigenvalue weighted by molar-refractivity contribution is 14.1. The summed E-state index contributed by atoms with van der Waals surface area (Å²) >= 11 is 2.30. The Morgan fingerprint density at radius 3 is 2.75 bits per heavy atom. The first-order valence-corrected chi connectivity index (χ1v) is 7.61. The van der Waals surface area contributed by atoms with E-state index in [0.717, 1.165) is 28.1 Å². The molecule has 0 aliphatic heterocycles. The molecular formula is C16H19IN2O. The average Bonchev–Trinajstić information content (AvgIpc) is 2.42. The van der Waals surface area contributed by atoms with E-state index < -0.39 is 0 Å². The minimum absolute atomic E-state index is 0.0525. The van der Waals surface area contributed by atoms with Crippen LogP contribution in [0.4, 0.5) is 0 Å². The lowest BCUT2D eigenvalue weighted by molar-refractivity contribution is 0.406. The van der Waals surface area contributed by atoms with Gasteiger partial charge in [-0.15, -0.1) is 0 Å². The molecule has 0 aliphatic rings. The van der Waals surface area contributed by atoms with Gasteiger partial charge in [0.25, 0.3) is 0 Å². The van der Waals surface area contributed by atoms with Crippen LogP contribution >= 0.6 is 22.6 Å². The second-order valence-electron chi connectivity index (χ2n) is 4.91. The molecule has 1 aromatic carbocycles. The summed E-state index contributed by atoms with van der Waals surface area (Å²) in [4.78, 5) is 4.51. The summed E-state index contributed by atoms with van der Waals surface area (Å²) in [6.45, 7) is 4.04. The Morgan fingerprint density at radius 2 is 2.10 bits per heavy atom. The van der Waals surface area contributed by atoms with E-state index in [1.54, 1.807) is 7.11 Å². The van der Waals surface area contributed by atoms with Crippen LogP contribution in [0, 0.1) is 17.4 Å². The van der Waals surface area contributed by atoms with Crippen LogP contribution in [0.2, 0.25) is 0 Å². The summed E-state index contributed by atoms with van der Waals surface area (Å²) in [6.07, 6.45) is 2.56. The van der Waals surface area contributed by atoms with Crippen molar-refractivity contribution >= 4 is 22.6 Å². The smallest absolute Gasteiger partial charge is 0.128 e. The molecule has 0 radical (unpaired) electrons. The highest BCUT2D eigenvalue weighted by Crippen LogP contribution is 2.26. The zero-order valence-corrected chi connectivity index (χ0v) is 14.1. The number of rotatable bonds is 4. The van der Waals surface area contributed by atoms with Gasteiger partial charge in [0.05, 0.1) is 7.11 Å². The van der Waals surface area contributed by atoms with Crippen molar-refractivity contribution in [1.82, 2.24) is 4.98 Å². The lowest BCUT2D eigenvalue weighted by atomic mass is 9.99. The molecule has 0 saturated carbocycles. The molecule has 0 spiro atoms. The number of halogens is 1. The number of benzene rings is 1. The lowest BCUT2D eigenvalue weighted by Gasteiger charge is -2.16. The van der Waals surface area contributed by atoms with Crippen LogP contribution in [-0.4, -0.2) is 12.1 Å². The van der Waals surface area contributed by atoms with Crippen molar-refractivity contribution in [2.24, 2.45) is 5.73 Å². The normalized spacial score (nSPS) is 12.2. The van der Waals surface area contributed by atoms with Crippen LogP contribution < -0.4 is 10.5 Å². The maximum Gasteiger partial charge on any atom is 0.128 e. The Labute approximate surface area is 133 Å². The predicted molar refractivity (Wildman–Crippen MR) is 90.1 cm³/mol. The van der Waals surface area contributed by atoms with Gasteiger partial charge in [0, 0.05) is 39.1 Å². The average molecular weight is 382 g/mol. The summed E-state index contributed by atoms with van der Waals surface area (Å²) in [6, 6.07) is 8.23. The maximum absolute atomic E-state index is 6.31. The highest BCUT2D eigenvalue weighted by atomic mass is 127. The van der Waals surface area contributed by atoms with Gasteiger partial charge in [-0.1, -0.05) is 12.1 Å². The zero-order valence-electron chi connectivity index (χ0n) is 12.0. The Kier molecular flexibility index (Phi) is 4.99. The SMILES string of the molecule is COc1c(C)cnc(CC(N)c2cccc(I)c2)c1C. The van der Waals surface area contributed by atoms with Crippen LogP contribution in [0.3, 0.4) is 0 Å². The molecule has 0 amide bonds. The topological polar surface area (TPSA) is 48.1 Å². The summed E-state index contributed by atoms with van der Waals surface area (Å²) < 4.78 is 6.64. The van der Waals surface area contributed by atoms with Gasteiger partial charge in [0.1, 0.15) is 5.75 Å². The van der Waals surface area contributed by atoms with Gasteiger partial charge in [-0.3, -0.25) is 4.98 Å². The van der Waals surface area contributed by atoms with Crippen molar-refractivity contribution in [2.75, 3.05) is 7.11 Å². The van der Waals surface area contributed by atoms with Crippen molar-refractivity contribution in [1.29, 1.82) is 0 Å². The summed E-state index contributed by atoms with van der Waals surface area (Å²) in [5.74, 6) is 0.907. The highest BCUT2D eigenvalue weighted by Gasteiger charge is 2.14. The molecule has 1 aromatic heterocycles. The molecule has 20 heavy (non-hydrogen) atoms. The molecule has 4 heteroatoms. The van der Waals surface area contributed by atoms with E-state index in [2.05, 4.69) is 45.8 Å². The molecule has 1 atom stereocenters. The van der Waals surface area contributed by atoms with Crippen molar-refractivity contribution in [3.63, 3.8) is 0 Å². The van der Waals surface area contributed by atoms with Gasteiger partial charge in [-0.2, -0.15) is 0 Å². The quantitative estimate of drug-likeness (QED) is 0.823. The number of aryl methyl sites for hydroxylation is 1. The second-order valence-corrected chi connectivity index (χ2v) is 6.16. The van der Waals surface area contributed by atoms with E-state index in [4.69, 9.17) is 10.5 Å². The summed E-state index contributed by atoms with van der Waals surface area (Å²) in [5, 5.41) is 0. The minimum atomic E-state index is -0.0525. The van der Waals surface area contributed by atoms with Gasteiger partial charge in [-0.25, -0.2) is 0 Å². The molecule has 3 nitrogen and oxygen atoms in total. The predicted octanol–water partition coefficient (Wildman–Crippen LogP) is 3.55.